The van der Waals surface area contributed by atoms with E-state index >= 15 is 0 Å². The number of amides is 1. The Morgan fingerprint density at radius 1 is 1.17 bits per heavy atom. The first-order chi connectivity index (χ1) is 14.6. The van der Waals surface area contributed by atoms with E-state index in [0.717, 1.165) is 21.4 Å². The summed E-state index contributed by atoms with van der Waals surface area (Å²) in [6.45, 7) is 0.358. The monoisotopic (exact) mass is 485 g/mol. The van der Waals surface area contributed by atoms with Gasteiger partial charge in [-0.2, -0.15) is 0 Å². The van der Waals surface area contributed by atoms with Gasteiger partial charge in [0.25, 0.3) is 11.1 Å². The van der Waals surface area contributed by atoms with Crippen LogP contribution >= 0.6 is 27.3 Å². The molecule has 2 heterocycles. The highest BCUT2D eigenvalue weighted by Crippen LogP contribution is 2.26. The number of aromatic nitrogens is 4. The number of ether oxygens (including phenoxy) is 2. The van der Waals surface area contributed by atoms with Crippen molar-refractivity contribution in [3.63, 3.8) is 0 Å². The molecule has 8 nitrogen and oxygen atoms in total. The summed E-state index contributed by atoms with van der Waals surface area (Å²) in [7, 11) is 1.58. The zero-order valence-corrected chi connectivity index (χ0v) is 18.2. The van der Waals surface area contributed by atoms with E-state index < -0.39 is 0 Å². The van der Waals surface area contributed by atoms with Gasteiger partial charge in [-0.15, -0.1) is 5.10 Å². The van der Waals surface area contributed by atoms with E-state index in [9.17, 15) is 4.79 Å². The molecule has 2 aromatic carbocycles. The lowest BCUT2D eigenvalue weighted by molar-refractivity contribution is 0.102. The number of anilines is 1. The van der Waals surface area contributed by atoms with E-state index in [0.29, 0.717) is 34.1 Å². The molecule has 0 aliphatic rings. The number of nitrogens with zero attached hydrogens (tertiary/aromatic N) is 4. The summed E-state index contributed by atoms with van der Waals surface area (Å²) >= 11 is 4.55. The molecule has 4 aromatic rings. The molecule has 2 aromatic heterocycles. The average molecular weight is 486 g/mol. The maximum absolute atomic E-state index is 12.8. The SMILES string of the molecule is COc1ccccc1-n1cncc1C(=O)Nc1nnc(OCc2ccc(Br)cc2)s1. The van der Waals surface area contributed by atoms with Crippen molar-refractivity contribution in [3.8, 4) is 16.6 Å². The molecule has 0 bridgehead atoms. The molecular weight excluding hydrogens is 470 g/mol. The number of nitrogens with one attached hydrogen (secondary N) is 1. The van der Waals surface area contributed by atoms with Gasteiger partial charge in [0.15, 0.2) is 0 Å². The van der Waals surface area contributed by atoms with Crippen molar-refractivity contribution in [3.05, 3.63) is 76.8 Å². The van der Waals surface area contributed by atoms with Gasteiger partial charge in [-0.1, -0.05) is 45.3 Å². The predicted octanol–water partition coefficient (Wildman–Crippen LogP) is 4.33. The number of carbonyl (C=O) groups is 1. The van der Waals surface area contributed by atoms with Crippen molar-refractivity contribution >= 4 is 38.3 Å². The Labute approximate surface area is 184 Å². The first kappa shape index (κ1) is 20.0. The van der Waals surface area contributed by atoms with Crippen molar-refractivity contribution < 1.29 is 14.3 Å². The van der Waals surface area contributed by atoms with E-state index in [1.807, 2.05) is 48.5 Å². The van der Waals surface area contributed by atoms with E-state index in [-0.39, 0.29) is 5.91 Å². The Morgan fingerprint density at radius 2 is 1.97 bits per heavy atom. The standard InChI is InChI=1S/C20H16BrN5O3S/c1-28-17-5-3-2-4-15(17)26-12-22-10-16(26)18(27)23-19-24-25-20(30-19)29-11-13-6-8-14(21)9-7-13/h2-10,12H,11H2,1H3,(H,23,24,27). The zero-order valence-electron chi connectivity index (χ0n) is 15.8. The second kappa shape index (κ2) is 9.06. The van der Waals surface area contributed by atoms with Gasteiger partial charge in [-0.05, 0) is 41.2 Å². The highest BCUT2D eigenvalue weighted by atomic mass is 79.9. The van der Waals surface area contributed by atoms with Crippen molar-refractivity contribution in [2.45, 2.75) is 6.61 Å². The third-order valence-electron chi connectivity index (χ3n) is 4.12. The van der Waals surface area contributed by atoms with Crippen LogP contribution in [0.5, 0.6) is 10.9 Å². The molecule has 0 atom stereocenters. The summed E-state index contributed by atoms with van der Waals surface area (Å²) in [5, 5.41) is 11.4. The summed E-state index contributed by atoms with van der Waals surface area (Å²) in [4.78, 5) is 16.9. The molecule has 10 heteroatoms. The molecular formula is C20H16BrN5O3S. The van der Waals surface area contributed by atoms with Crippen LogP contribution in [-0.4, -0.2) is 32.8 Å². The molecule has 1 N–H and O–H groups in total. The third kappa shape index (κ3) is 4.50. The summed E-state index contributed by atoms with van der Waals surface area (Å²) in [5.74, 6) is 0.262. The molecule has 1 amide bonds. The first-order valence-corrected chi connectivity index (χ1v) is 10.4. The highest BCUT2D eigenvalue weighted by molar-refractivity contribution is 9.10. The predicted molar refractivity (Wildman–Crippen MR) is 116 cm³/mol. The fourth-order valence-electron chi connectivity index (χ4n) is 2.69. The van der Waals surface area contributed by atoms with Gasteiger partial charge in [-0.3, -0.25) is 14.7 Å². The lowest BCUT2D eigenvalue weighted by atomic mass is 10.2. The largest absolute Gasteiger partial charge is 0.495 e. The van der Waals surface area contributed by atoms with Crippen molar-refractivity contribution in [1.29, 1.82) is 0 Å². The molecule has 0 aliphatic carbocycles. The summed E-state index contributed by atoms with van der Waals surface area (Å²) in [6.07, 6.45) is 3.04. The van der Waals surface area contributed by atoms with E-state index in [4.69, 9.17) is 9.47 Å². The molecule has 30 heavy (non-hydrogen) atoms. The van der Waals surface area contributed by atoms with Gasteiger partial charge in [-0.25, -0.2) is 4.98 Å². The lowest BCUT2D eigenvalue weighted by Gasteiger charge is -2.11. The molecule has 0 saturated heterocycles. The molecule has 152 valence electrons. The zero-order chi connectivity index (χ0) is 20.9. The third-order valence-corrected chi connectivity index (χ3v) is 5.40. The number of rotatable bonds is 7. The molecule has 0 spiro atoms. The summed E-state index contributed by atoms with van der Waals surface area (Å²) < 4.78 is 13.7. The van der Waals surface area contributed by atoms with Gasteiger partial charge in [0.2, 0.25) is 5.13 Å². The number of para-hydroxylation sites is 2. The molecule has 0 aliphatic heterocycles. The smallest absolute Gasteiger partial charge is 0.296 e. The summed E-state index contributed by atoms with van der Waals surface area (Å²) in [5.41, 5.74) is 2.05. The number of benzene rings is 2. The first-order valence-electron chi connectivity index (χ1n) is 8.82. The molecule has 0 unspecified atom stereocenters. The second-order valence-corrected chi connectivity index (χ2v) is 7.92. The van der Waals surface area contributed by atoms with Crippen LogP contribution in [0.4, 0.5) is 5.13 Å². The van der Waals surface area contributed by atoms with Crippen LogP contribution in [0.15, 0.2) is 65.5 Å². The van der Waals surface area contributed by atoms with Gasteiger partial charge in [0, 0.05) is 4.47 Å². The van der Waals surface area contributed by atoms with Gasteiger partial charge < -0.3 is 9.47 Å². The van der Waals surface area contributed by atoms with Crippen LogP contribution < -0.4 is 14.8 Å². The van der Waals surface area contributed by atoms with Gasteiger partial charge in [0.1, 0.15) is 18.1 Å². The lowest BCUT2D eigenvalue weighted by Crippen LogP contribution is -2.16. The Morgan fingerprint density at radius 3 is 2.77 bits per heavy atom. The Kier molecular flexibility index (Phi) is 6.05. The molecule has 0 radical (unpaired) electrons. The number of carbonyl (C=O) groups excluding carboxylic acids is 1. The Hall–Kier alpha value is -3.24. The average Bonchev–Trinajstić information content (AvgIpc) is 3.43. The second-order valence-electron chi connectivity index (χ2n) is 6.06. The minimum atomic E-state index is -0.367. The van der Waals surface area contributed by atoms with Gasteiger partial charge >= 0.3 is 0 Å². The van der Waals surface area contributed by atoms with E-state index in [1.54, 1.807) is 18.0 Å². The van der Waals surface area contributed by atoms with Crippen LogP contribution in [0.2, 0.25) is 0 Å². The Bertz CT molecular complexity index is 1160. The number of hydrogen-bond acceptors (Lipinski definition) is 7. The normalized spacial score (nSPS) is 10.6. The minimum Gasteiger partial charge on any atom is -0.495 e. The van der Waals surface area contributed by atoms with E-state index in [2.05, 4.69) is 36.4 Å². The quantitative estimate of drug-likeness (QED) is 0.418. The van der Waals surface area contributed by atoms with Crippen LogP contribution in [0.3, 0.4) is 0 Å². The van der Waals surface area contributed by atoms with Crippen LogP contribution in [0.25, 0.3) is 5.69 Å². The number of methoxy groups -OCH3 is 1. The minimum absolute atomic E-state index is 0.332. The maximum atomic E-state index is 12.8. The summed E-state index contributed by atoms with van der Waals surface area (Å²) in [6, 6.07) is 15.2. The number of halogens is 1. The van der Waals surface area contributed by atoms with Crippen molar-refractivity contribution in [2.24, 2.45) is 0 Å². The van der Waals surface area contributed by atoms with Gasteiger partial charge in [0.05, 0.1) is 25.3 Å². The fraction of sp³-hybridized carbons (Fsp3) is 0.100. The van der Waals surface area contributed by atoms with Crippen LogP contribution in [-0.2, 0) is 6.61 Å². The molecule has 0 fully saturated rings. The number of imidazole rings is 1. The maximum Gasteiger partial charge on any atom is 0.296 e. The van der Waals surface area contributed by atoms with Crippen LogP contribution in [0.1, 0.15) is 16.1 Å². The van der Waals surface area contributed by atoms with Crippen LogP contribution in [0, 0.1) is 0 Å². The Balaban J connectivity index is 1.44. The highest BCUT2D eigenvalue weighted by Gasteiger charge is 2.17. The van der Waals surface area contributed by atoms with Crippen molar-refractivity contribution in [2.75, 3.05) is 12.4 Å². The van der Waals surface area contributed by atoms with Crippen molar-refractivity contribution in [1.82, 2.24) is 19.7 Å². The fourth-order valence-corrected chi connectivity index (χ4v) is 3.54. The number of hydrogen-bond donors (Lipinski definition) is 1. The molecule has 4 rings (SSSR count). The topological polar surface area (TPSA) is 91.2 Å². The molecule has 0 saturated carbocycles. The van der Waals surface area contributed by atoms with E-state index in [1.165, 1.54) is 6.20 Å².